The van der Waals surface area contributed by atoms with Crippen LogP contribution in [0, 0.1) is 6.92 Å². The Hall–Kier alpha value is -0.790. The second-order valence-electron chi connectivity index (χ2n) is 1.24. The minimum atomic E-state index is 0.705. The Morgan fingerprint density at radius 3 is 3.00 bits per heavy atom. The van der Waals surface area contributed by atoms with Gasteiger partial charge in [0, 0.05) is 6.07 Å². The second kappa shape index (κ2) is 1.78. The molecule has 0 spiro atoms. The molecule has 0 aliphatic carbocycles. The van der Waals surface area contributed by atoms with E-state index in [-0.39, 0.29) is 0 Å². The van der Waals surface area contributed by atoms with E-state index in [1.54, 1.807) is 12.3 Å². The quantitative estimate of drug-likeness (QED) is 0.522. The molecule has 0 amide bonds. The maximum atomic E-state index is 4.52. The maximum Gasteiger partial charge on any atom is 0.124 e. The van der Waals surface area contributed by atoms with Crippen molar-refractivity contribution in [2.75, 3.05) is 0 Å². The van der Waals surface area contributed by atoms with Crippen molar-refractivity contribution in [3.8, 4) is 0 Å². The molecule has 1 radical (unpaired) electrons. The Balaban J connectivity index is 2.76. The molecule has 1 rings (SSSR count). The summed E-state index contributed by atoms with van der Waals surface area (Å²) in [7, 11) is 0. The first kappa shape index (κ1) is 4.37. The summed E-state index contributed by atoms with van der Waals surface area (Å²) in [6, 6.07) is 1.80. The minimum absolute atomic E-state index is 0.705. The summed E-state index contributed by atoms with van der Waals surface area (Å²) in [6.07, 6.45) is 2.25. The lowest BCUT2D eigenvalue weighted by atomic mass is 10.4. The molecule has 0 aromatic carbocycles. The molecule has 0 aliphatic heterocycles. The standard InChI is InChI=1S/C5H6NO/c1-2-5-3-4-7-6-5/h3-4H,1-2H2. The summed E-state index contributed by atoms with van der Waals surface area (Å²) >= 11 is 0. The molecule has 0 N–H and O–H groups in total. The van der Waals surface area contributed by atoms with E-state index < -0.39 is 0 Å². The molecule has 0 bridgehead atoms. The van der Waals surface area contributed by atoms with Gasteiger partial charge in [0.05, 0.1) is 5.69 Å². The summed E-state index contributed by atoms with van der Waals surface area (Å²) < 4.78 is 4.52. The number of nitrogens with zero attached hydrogens (tertiary/aromatic N) is 1. The highest BCUT2D eigenvalue weighted by Gasteiger charge is 1.86. The van der Waals surface area contributed by atoms with Crippen LogP contribution in [0.5, 0.6) is 0 Å². The van der Waals surface area contributed by atoms with Gasteiger partial charge in [0.1, 0.15) is 6.26 Å². The molecular weight excluding hydrogens is 90.1 g/mol. The highest BCUT2D eigenvalue weighted by molar-refractivity contribution is 4.95. The van der Waals surface area contributed by atoms with E-state index in [1.807, 2.05) is 0 Å². The lowest BCUT2D eigenvalue weighted by Crippen LogP contribution is -1.73. The number of aromatic nitrogens is 1. The van der Waals surface area contributed by atoms with Gasteiger partial charge in [-0.2, -0.15) is 0 Å². The van der Waals surface area contributed by atoms with Gasteiger partial charge in [-0.25, -0.2) is 0 Å². The van der Waals surface area contributed by atoms with Crippen LogP contribution in [0.2, 0.25) is 0 Å². The topological polar surface area (TPSA) is 26.0 Å². The SMILES string of the molecule is [CH2]Cc1ccon1. The zero-order valence-corrected chi connectivity index (χ0v) is 3.92. The van der Waals surface area contributed by atoms with Crippen molar-refractivity contribution in [2.45, 2.75) is 6.42 Å². The Morgan fingerprint density at radius 2 is 2.71 bits per heavy atom. The van der Waals surface area contributed by atoms with Crippen molar-refractivity contribution in [3.05, 3.63) is 24.9 Å². The lowest BCUT2D eigenvalue weighted by Gasteiger charge is -1.74. The smallest absolute Gasteiger partial charge is 0.124 e. The molecule has 1 aromatic rings. The van der Waals surface area contributed by atoms with Gasteiger partial charge in [-0.1, -0.05) is 5.16 Å². The highest BCUT2D eigenvalue weighted by Crippen LogP contribution is 1.91. The van der Waals surface area contributed by atoms with Gasteiger partial charge >= 0.3 is 0 Å². The van der Waals surface area contributed by atoms with E-state index in [0.717, 1.165) is 5.69 Å². The third-order valence-electron chi connectivity index (χ3n) is 0.747. The van der Waals surface area contributed by atoms with Gasteiger partial charge in [-0.15, -0.1) is 0 Å². The fraction of sp³-hybridized carbons (Fsp3) is 0.200. The third kappa shape index (κ3) is 0.796. The van der Waals surface area contributed by atoms with Crippen LogP contribution < -0.4 is 0 Å². The number of hydrogen-bond acceptors (Lipinski definition) is 2. The van der Waals surface area contributed by atoms with Crippen LogP contribution in [0.4, 0.5) is 0 Å². The van der Waals surface area contributed by atoms with Crippen molar-refractivity contribution in [3.63, 3.8) is 0 Å². The Labute approximate surface area is 42.1 Å². The fourth-order valence-corrected chi connectivity index (χ4v) is 0.367. The zero-order chi connectivity index (χ0) is 5.11. The van der Waals surface area contributed by atoms with Crippen molar-refractivity contribution in [1.29, 1.82) is 0 Å². The molecule has 2 heteroatoms. The van der Waals surface area contributed by atoms with E-state index in [0.29, 0.717) is 6.42 Å². The third-order valence-corrected chi connectivity index (χ3v) is 0.747. The zero-order valence-electron chi connectivity index (χ0n) is 3.92. The van der Waals surface area contributed by atoms with E-state index in [1.165, 1.54) is 0 Å². The van der Waals surface area contributed by atoms with E-state index in [9.17, 15) is 0 Å². The predicted molar refractivity (Wildman–Crippen MR) is 25.6 cm³/mol. The number of rotatable bonds is 1. The van der Waals surface area contributed by atoms with Crippen LogP contribution in [0.25, 0.3) is 0 Å². The molecule has 0 saturated heterocycles. The monoisotopic (exact) mass is 96.0 g/mol. The van der Waals surface area contributed by atoms with Crippen LogP contribution >= 0.6 is 0 Å². The van der Waals surface area contributed by atoms with Gasteiger partial charge in [0.15, 0.2) is 0 Å². The second-order valence-corrected chi connectivity index (χ2v) is 1.24. The fourth-order valence-electron chi connectivity index (χ4n) is 0.367. The summed E-state index contributed by atoms with van der Waals surface area (Å²) in [4.78, 5) is 0. The van der Waals surface area contributed by atoms with Crippen LogP contribution in [0.15, 0.2) is 16.9 Å². The summed E-state index contributed by atoms with van der Waals surface area (Å²) in [6.45, 7) is 3.61. The van der Waals surface area contributed by atoms with Crippen molar-refractivity contribution < 1.29 is 4.52 Å². The van der Waals surface area contributed by atoms with Crippen molar-refractivity contribution in [1.82, 2.24) is 5.16 Å². The van der Waals surface area contributed by atoms with Gasteiger partial charge in [-0.3, -0.25) is 0 Å². The van der Waals surface area contributed by atoms with E-state index in [4.69, 9.17) is 0 Å². The van der Waals surface area contributed by atoms with Crippen LogP contribution in [-0.2, 0) is 6.42 Å². The minimum Gasteiger partial charge on any atom is -0.365 e. The molecular formula is C5H6NO. The van der Waals surface area contributed by atoms with Gasteiger partial charge < -0.3 is 4.52 Å². The van der Waals surface area contributed by atoms with Crippen LogP contribution in [0.1, 0.15) is 5.69 Å². The molecule has 2 nitrogen and oxygen atoms in total. The molecule has 0 saturated carbocycles. The van der Waals surface area contributed by atoms with Gasteiger partial charge in [-0.05, 0) is 13.3 Å². The molecule has 1 aromatic heterocycles. The summed E-state index contributed by atoms with van der Waals surface area (Å²) in [5.41, 5.74) is 0.903. The first-order valence-corrected chi connectivity index (χ1v) is 2.12. The summed E-state index contributed by atoms with van der Waals surface area (Å²) in [5.74, 6) is 0. The molecule has 0 fully saturated rings. The highest BCUT2D eigenvalue weighted by atomic mass is 16.5. The van der Waals surface area contributed by atoms with Gasteiger partial charge in [0.2, 0.25) is 0 Å². The summed E-state index contributed by atoms with van der Waals surface area (Å²) in [5, 5.41) is 3.60. The van der Waals surface area contributed by atoms with Crippen molar-refractivity contribution >= 4 is 0 Å². The number of hydrogen-bond donors (Lipinski definition) is 0. The van der Waals surface area contributed by atoms with E-state index >= 15 is 0 Å². The average molecular weight is 96.1 g/mol. The molecule has 37 valence electrons. The molecule has 1 heterocycles. The molecule has 0 unspecified atom stereocenters. The Bertz CT molecular complexity index is 123. The lowest BCUT2D eigenvalue weighted by molar-refractivity contribution is 0.413. The maximum absolute atomic E-state index is 4.52. The van der Waals surface area contributed by atoms with Crippen LogP contribution in [-0.4, -0.2) is 5.16 Å². The predicted octanol–water partition coefficient (Wildman–Crippen LogP) is 1.05. The first-order chi connectivity index (χ1) is 3.43. The van der Waals surface area contributed by atoms with Crippen LogP contribution in [0.3, 0.4) is 0 Å². The molecule has 0 aliphatic rings. The molecule has 7 heavy (non-hydrogen) atoms. The first-order valence-electron chi connectivity index (χ1n) is 2.12. The Kier molecular flexibility index (Phi) is 1.11. The van der Waals surface area contributed by atoms with Crippen molar-refractivity contribution in [2.24, 2.45) is 0 Å². The normalized spacial score (nSPS) is 9.29. The largest absolute Gasteiger partial charge is 0.365 e. The Morgan fingerprint density at radius 1 is 1.86 bits per heavy atom. The van der Waals surface area contributed by atoms with Gasteiger partial charge in [0.25, 0.3) is 0 Å². The van der Waals surface area contributed by atoms with E-state index in [2.05, 4.69) is 16.6 Å². The molecule has 0 atom stereocenters. The average Bonchev–Trinajstić information content (AvgIpc) is 2.14.